The minimum absolute atomic E-state index is 0.0676. The number of rotatable bonds is 8. The van der Waals surface area contributed by atoms with Gasteiger partial charge in [-0.2, -0.15) is 0 Å². The number of carboxylic acids is 1. The van der Waals surface area contributed by atoms with Crippen molar-refractivity contribution in [2.24, 2.45) is 5.73 Å². The summed E-state index contributed by atoms with van der Waals surface area (Å²) >= 11 is 0. The van der Waals surface area contributed by atoms with Crippen molar-refractivity contribution >= 4 is 11.9 Å². The molecule has 7 heteroatoms. The maximum absolute atomic E-state index is 12.3. The second-order valence-electron chi connectivity index (χ2n) is 6.06. The molecule has 6 N–H and O–H groups in total. The second-order valence-corrected chi connectivity index (χ2v) is 6.06. The van der Waals surface area contributed by atoms with Crippen molar-refractivity contribution in [3.63, 3.8) is 0 Å². The van der Waals surface area contributed by atoms with E-state index in [1.54, 1.807) is 12.1 Å². The van der Waals surface area contributed by atoms with Gasteiger partial charge in [-0.1, -0.05) is 42.5 Å². The van der Waals surface area contributed by atoms with Crippen LogP contribution in [0.25, 0.3) is 0 Å². The number of nitrogens with two attached hydrogens (primary N) is 1. The zero-order chi connectivity index (χ0) is 19.1. The molecule has 2 rings (SSSR count). The summed E-state index contributed by atoms with van der Waals surface area (Å²) in [5.41, 5.74) is 7.45. The van der Waals surface area contributed by atoms with Crippen molar-refractivity contribution in [2.75, 3.05) is 0 Å². The highest BCUT2D eigenvalue weighted by atomic mass is 16.4. The lowest BCUT2D eigenvalue weighted by Gasteiger charge is -2.23. The zero-order valence-corrected chi connectivity index (χ0v) is 14.1. The SMILES string of the molecule is N[C@H](Cc1ccccc1)C(=O)N[C@H](Cc1ccc(O)cc1)[C@H](O)C(=O)O. The van der Waals surface area contributed by atoms with Crippen molar-refractivity contribution in [3.8, 4) is 5.75 Å². The number of nitrogens with one attached hydrogen (secondary N) is 1. The molecule has 0 heterocycles. The highest BCUT2D eigenvalue weighted by Gasteiger charge is 2.29. The average Bonchev–Trinajstić information content (AvgIpc) is 2.63. The van der Waals surface area contributed by atoms with Gasteiger partial charge in [0.05, 0.1) is 12.1 Å². The highest BCUT2D eigenvalue weighted by molar-refractivity contribution is 5.83. The molecule has 2 aromatic carbocycles. The Labute approximate surface area is 151 Å². The van der Waals surface area contributed by atoms with Crippen LogP contribution in [-0.2, 0) is 22.4 Å². The summed E-state index contributed by atoms with van der Waals surface area (Å²) in [6.45, 7) is 0. The van der Waals surface area contributed by atoms with E-state index in [1.807, 2.05) is 30.3 Å². The van der Waals surface area contributed by atoms with E-state index in [4.69, 9.17) is 10.8 Å². The van der Waals surface area contributed by atoms with Crippen LogP contribution < -0.4 is 11.1 Å². The van der Waals surface area contributed by atoms with Crippen LogP contribution in [0.15, 0.2) is 54.6 Å². The Kier molecular flexibility index (Phi) is 6.71. The fourth-order valence-electron chi connectivity index (χ4n) is 2.55. The van der Waals surface area contributed by atoms with Gasteiger partial charge in [0.25, 0.3) is 0 Å². The van der Waals surface area contributed by atoms with E-state index in [9.17, 15) is 19.8 Å². The molecule has 0 spiro atoms. The third kappa shape index (κ3) is 5.58. The van der Waals surface area contributed by atoms with E-state index in [2.05, 4.69) is 5.32 Å². The number of aliphatic hydroxyl groups excluding tert-OH is 1. The van der Waals surface area contributed by atoms with E-state index in [0.29, 0.717) is 12.0 Å². The first kappa shape index (κ1) is 19.4. The monoisotopic (exact) mass is 358 g/mol. The van der Waals surface area contributed by atoms with Gasteiger partial charge < -0.3 is 26.4 Å². The Morgan fingerprint density at radius 2 is 1.54 bits per heavy atom. The van der Waals surface area contributed by atoms with Gasteiger partial charge in [-0.25, -0.2) is 4.79 Å². The molecule has 26 heavy (non-hydrogen) atoms. The molecular formula is C19H22N2O5. The van der Waals surface area contributed by atoms with Crippen molar-refractivity contribution in [3.05, 3.63) is 65.7 Å². The van der Waals surface area contributed by atoms with Gasteiger partial charge in [0, 0.05) is 0 Å². The quantitative estimate of drug-likeness (QED) is 0.465. The van der Waals surface area contributed by atoms with Crippen LogP contribution in [0.2, 0.25) is 0 Å². The average molecular weight is 358 g/mol. The molecule has 2 aromatic rings. The third-order valence-electron chi connectivity index (χ3n) is 3.99. The molecule has 0 fully saturated rings. The number of carboxylic acid groups (broad SMARTS) is 1. The van der Waals surface area contributed by atoms with Crippen LogP contribution in [0.1, 0.15) is 11.1 Å². The summed E-state index contributed by atoms with van der Waals surface area (Å²) in [5.74, 6) is -1.92. The van der Waals surface area contributed by atoms with Crippen LogP contribution in [0, 0.1) is 0 Å². The van der Waals surface area contributed by atoms with Crippen LogP contribution in [-0.4, -0.2) is 45.4 Å². The fraction of sp³-hybridized carbons (Fsp3) is 0.263. The lowest BCUT2D eigenvalue weighted by molar-refractivity contribution is -0.148. The molecule has 0 unspecified atom stereocenters. The van der Waals surface area contributed by atoms with E-state index in [0.717, 1.165) is 5.56 Å². The molecule has 0 saturated carbocycles. The first-order chi connectivity index (χ1) is 12.4. The number of aliphatic carboxylic acids is 1. The Morgan fingerprint density at radius 3 is 2.12 bits per heavy atom. The van der Waals surface area contributed by atoms with Gasteiger partial charge >= 0.3 is 5.97 Å². The van der Waals surface area contributed by atoms with Gasteiger partial charge in [-0.15, -0.1) is 0 Å². The molecule has 3 atom stereocenters. The van der Waals surface area contributed by atoms with Crippen LogP contribution in [0.3, 0.4) is 0 Å². The number of phenolic OH excluding ortho intramolecular Hbond substituents is 1. The number of phenols is 1. The molecule has 0 aliphatic rings. The van der Waals surface area contributed by atoms with Gasteiger partial charge in [0.2, 0.25) is 5.91 Å². The smallest absolute Gasteiger partial charge is 0.334 e. The van der Waals surface area contributed by atoms with Gasteiger partial charge in [0.15, 0.2) is 6.10 Å². The standard InChI is InChI=1S/C19H22N2O5/c20-15(10-12-4-2-1-3-5-12)18(24)21-16(17(23)19(25)26)11-13-6-8-14(22)9-7-13/h1-9,15-17,22-23H,10-11,20H2,(H,21,24)(H,25,26)/t15-,16-,17+/m1/s1. The van der Waals surface area contributed by atoms with Gasteiger partial charge in [0.1, 0.15) is 5.75 Å². The molecular weight excluding hydrogens is 336 g/mol. The lowest BCUT2D eigenvalue weighted by atomic mass is 9.99. The molecule has 7 nitrogen and oxygen atoms in total. The second kappa shape index (κ2) is 8.98. The van der Waals surface area contributed by atoms with Crippen molar-refractivity contribution in [2.45, 2.75) is 31.0 Å². The number of aliphatic hydroxyl groups is 1. The summed E-state index contributed by atoms with van der Waals surface area (Å²) in [7, 11) is 0. The number of hydrogen-bond acceptors (Lipinski definition) is 5. The minimum Gasteiger partial charge on any atom is -0.508 e. The minimum atomic E-state index is -1.78. The molecule has 0 bridgehead atoms. The Hall–Kier alpha value is -2.90. The molecule has 0 saturated heterocycles. The topological polar surface area (TPSA) is 133 Å². The van der Waals surface area contributed by atoms with Gasteiger partial charge in [-0.3, -0.25) is 4.79 Å². The summed E-state index contributed by atoms with van der Waals surface area (Å²) in [4.78, 5) is 23.5. The zero-order valence-electron chi connectivity index (χ0n) is 14.1. The predicted molar refractivity (Wildman–Crippen MR) is 95.5 cm³/mol. The van der Waals surface area contributed by atoms with Crippen LogP contribution >= 0.6 is 0 Å². The largest absolute Gasteiger partial charge is 0.508 e. The first-order valence-corrected chi connectivity index (χ1v) is 8.15. The lowest BCUT2D eigenvalue weighted by Crippen LogP contribution is -2.53. The van der Waals surface area contributed by atoms with Crippen molar-refractivity contribution in [1.82, 2.24) is 5.32 Å². The summed E-state index contributed by atoms with van der Waals surface area (Å²) in [6.07, 6.45) is -1.41. The van der Waals surface area contributed by atoms with Crippen molar-refractivity contribution < 1.29 is 24.9 Å². The third-order valence-corrected chi connectivity index (χ3v) is 3.99. The molecule has 138 valence electrons. The molecule has 1 amide bonds. The summed E-state index contributed by atoms with van der Waals surface area (Å²) < 4.78 is 0. The summed E-state index contributed by atoms with van der Waals surface area (Å²) in [5, 5.41) is 30.8. The van der Waals surface area contributed by atoms with E-state index < -0.39 is 30.1 Å². The number of hydrogen-bond donors (Lipinski definition) is 5. The number of benzene rings is 2. The fourth-order valence-corrected chi connectivity index (χ4v) is 2.55. The Balaban J connectivity index is 2.06. The van der Waals surface area contributed by atoms with E-state index in [1.165, 1.54) is 12.1 Å². The Bertz CT molecular complexity index is 733. The maximum atomic E-state index is 12.3. The molecule has 0 aromatic heterocycles. The van der Waals surface area contributed by atoms with Crippen molar-refractivity contribution in [1.29, 1.82) is 0 Å². The van der Waals surface area contributed by atoms with Gasteiger partial charge in [-0.05, 0) is 36.1 Å². The predicted octanol–water partition coefficient (Wildman–Crippen LogP) is 0.435. The number of amides is 1. The Morgan fingerprint density at radius 1 is 0.962 bits per heavy atom. The summed E-state index contributed by atoms with van der Waals surface area (Å²) in [6, 6.07) is 13.4. The van der Waals surface area contributed by atoms with E-state index in [-0.39, 0.29) is 12.2 Å². The molecule has 0 aliphatic carbocycles. The number of aromatic hydroxyl groups is 1. The van der Waals surface area contributed by atoms with Crippen LogP contribution in [0.5, 0.6) is 5.75 Å². The number of carbonyl (C=O) groups is 2. The molecule has 0 aliphatic heterocycles. The highest BCUT2D eigenvalue weighted by Crippen LogP contribution is 2.13. The number of carbonyl (C=O) groups excluding carboxylic acids is 1. The first-order valence-electron chi connectivity index (χ1n) is 8.15. The van der Waals surface area contributed by atoms with E-state index >= 15 is 0 Å². The van der Waals surface area contributed by atoms with Crippen LogP contribution in [0.4, 0.5) is 0 Å². The molecule has 0 radical (unpaired) electrons. The normalized spacial score (nSPS) is 14.2. The maximum Gasteiger partial charge on any atom is 0.334 e.